The number of benzene rings is 2. The van der Waals surface area contributed by atoms with Gasteiger partial charge < -0.3 is 10.8 Å². The van der Waals surface area contributed by atoms with Crippen LogP contribution in [-0.4, -0.2) is 20.1 Å². The van der Waals surface area contributed by atoms with Gasteiger partial charge in [-0.2, -0.15) is 0 Å². The summed E-state index contributed by atoms with van der Waals surface area (Å²) in [7, 11) is -3.90. The highest BCUT2D eigenvalue weighted by atomic mass is 32.2. The zero-order valence-corrected chi connectivity index (χ0v) is 11.9. The van der Waals surface area contributed by atoms with Gasteiger partial charge in [-0.15, -0.1) is 0 Å². The molecule has 0 saturated carbocycles. The Morgan fingerprint density at radius 1 is 1.14 bits per heavy atom. The van der Waals surface area contributed by atoms with E-state index in [0.717, 1.165) is 17.7 Å². The van der Waals surface area contributed by atoms with Crippen molar-refractivity contribution in [2.75, 3.05) is 17.1 Å². The predicted octanol–water partition coefficient (Wildman–Crippen LogP) is 1.74. The third-order valence-corrected chi connectivity index (χ3v) is 4.17. The van der Waals surface area contributed by atoms with Crippen LogP contribution in [0.4, 0.5) is 15.8 Å². The van der Waals surface area contributed by atoms with Crippen LogP contribution >= 0.6 is 0 Å². The Morgan fingerprint density at radius 3 is 2.38 bits per heavy atom. The van der Waals surface area contributed by atoms with Crippen LogP contribution < -0.4 is 10.5 Å². The number of rotatable bonds is 5. The molecule has 0 fully saturated rings. The summed E-state index contributed by atoms with van der Waals surface area (Å²) in [6.07, 6.45) is 0.494. The molecule has 0 radical (unpaired) electrons. The molecule has 0 bridgehead atoms. The first-order valence-corrected chi connectivity index (χ1v) is 7.68. The minimum atomic E-state index is -3.90. The summed E-state index contributed by atoms with van der Waals surface area (Å²) in [5.41, 5.74) is 6.71. The fourth-order valence-corrected chi connectivity index (χ4v) is 2.95. The minimum absolute atomic E-state index is 0.0215. The van der Waals surface area contributed by atoms with Crippen molar-refractivity contribution in [3.8, 4) is 0 Å². The molecule has 0 aliphatic heterocycles. The van der Waals surface area contributed by atoms with Gasteiger partial charge in [0.2, 0.25) is 0 Å². The van der Waals surface area contributed by atoms with Gasteiger partial charge in [0, 0.05) is 18.0 Å². The van der Waals surface area contributed by atoms with Gasteiger partial charge in [0.15, 0.2) is 0 Å². The molecule has 4 N–H and O–H groups in total. The van der Waals surface area contributed by atoms with Crippen molar-refractivity contribution in [1.82, 2.24) is 0 Å². The summed E-state index contributed by atoms with van der Waals surface area (Å²) in [4.78, 5) is -0.237. The van der Waals surface area contributed by atoms with Crippen LogP contribution in [0.25, 0.3) is 0 Å². The number of nitrogens with two attached hydrogens (primary N) is 1. The number of nitrogens with one attached hydrogen (secondary N) is 1. The highest BCUT2D eigenvalue weighted by molar-refractivity contribution is 7.92. The van der Waals surface area contributed by atoms with Gasteiger partial charge in [-0.05, 0) is 42.3 Å². The van der Waals surface area contributed by atoms with E-state index in [1.54, 1.807) is 24.3 Å². The van der Waals surface area contributed by atoms with Gasteiger partial charge >= 0.3 is 0 Å². The highest BCUT2D eigenvalue weighted by Gasteiger charge is 2.16. The fraction of sp³-hybridized carbons (Fsp3) is 0.143. The van der Waals surface area contributed by atoms with Crippen molar-refractivity contribution in [3.05, 3.63) is 53.8 Å². The zero-order valence-electron chi connectivity index (χ0n) is 11.1. The average Bonchev–Trinajstić information content (AvgIpc) is 2.40. The van der Waals surface area contributed by atoms with Crippen LogP contribution in [0.2, 0.25) is 0 Å². The van der Waals surface area contributed by atoms with Gasteiger partial charge in [0.05, 0.1) is 4.90 Å². The Bertz CT molecular complexity index is 710. The van der Waals surface area contributed by atoms with E-state index in [9.17, 15) is 12.8 Å². The number of sulfonamides is 1. The van der Waals surface area contributed by atoms with Gasteiger partial charge in [0.25, 0.3) is 10.0 Å². The monoisotopic (exact) mass is 310 g/mol. The third kappa shape index (κ3) is 3.93. The Morgan fingerprint density at radius 2 is 1.81 bits per heavy atom. The lowest BCUT2D eigenvalue weighted by atomic mass is 10.1. The second-order valence-electron chi connectivity index (χ2n) is 4.50. The van der Waals surface area contributed by atoms with Gasteiger partial charge in [0.1, 0.15) is 5.82 Å². The van der Waals surface area contributed by atoms with E-state index in [4.69, 9.17) is 10.8 Å². The maximum atomic E-state index is 13.2. The van der Waals surface area contributed by atoms with E-state index in [0.29, 0.717) is 12.1 Å². The molecule has 0 aromatic heterocycles. The summed E-state index contributed by atoms with van der Waals surface area (Å²) < 4.78 is 39.9. The number of hydrogen-bond acceptors (Lipinski definition) is 4. The second-order valence-corrected chi connectivity index (χ2v) is 6.18. The number of halogens is 1. The van der Waals surface area contributed by atoms with Crippen molar-refractivity contribution in [3.63, 3.8) is 0 Å². The molecule has 0 aliphatic carbocycles. The van der Waals surface area contributed by atoms with Crippen molar-refractivity contribution < 1.29 is 17.9 Å². The molecule has 0 amide bonds. The molecular formula is C14H15FN2O3S. The van der Waals surface area contributed by atoms with Gasteiger partial charge in [-0.1, -0.05) is 12.1 Å². The molecular weight excluding hydrogens is 295 g/mol. The molecule has 21 heavy (non-hydrogen) atoms. The number of aliphatic hydroxyl groups is 1. The van der Waals surface area contributed by atoms with Crippen molar-refractivity contribution in [2.45, 2.75) is 11.3 Å². The van der Waals surface area contributed by atoms with Crippen LogP contribution in [0.15, 0.2) is 47.4 Å². The van der Waals surface area contributed by atoms with Crippen LogP contribution in [0.3, 0.4) is 0 Å². The first-order chi connectivity index (χ1) is 9.90. The number of anilines is 2. The molecule has 5 nitrogen and oxygen atoms in total. The highest BCUT2D eigenvalue weighted by Crippen LogP contribution is 2.20. The lowest BCUT2D eigenvalue weighted by Gasteiger charge is -2.09. The summed E-state index contributed by atoms with van der Waals surface area (Å²) in [6.45, 7) is 0.0215. The standard InChI is InChI=1S/C14H15FN2O3S/c15-11-7-12(16)9-14(8-11)21(19,20)17-13-3-1-10(2-4-13)5-6-18/h1-4,7-9,17-18H,5-6,16H2. The second kappa shape index (κ2) is 6.11. The largest absolute Gasteiger partial charge is 0.399 e. The van der Waals surface area contributed by atoms with E-state index in [2.05, 4.69) is 4.72 Å². The molecule has 0 heterocycles. The Kier molecular flexibility index (Phi) is 4.44. The maximum Gasteiger partial charge on any atom is 0.262 e. The molecule has 2 aromatic carbocycles. The fourth-order valence-electron chi connectivity index (χ4n) is 1.82. The SMILES string of the molecule is Nc1cc(F)cc(S(=O)(=O)Nc2ccc(CCO)cc2)c1. The molecule has 0 atom stereocenters. The normalized spacial score (nSPS) is 11.3. The quantitative estimate of drug-likeness (QED) is 0.734. The Hall–Kier alpha value is -2.12. The summed E-state index contributed by atoms with van der Waals surface area (Å²) in [6, 6.07) is 9.69. The molecule has 0 saturated heterocycles. The lowest BCUT2D eigenvalue weighted by Crippen LogP contribution is -2.13. The third-order valence-electron chi connectivity index (χ3n) is 2.81. The van der Waals surface area contributed by atoms with Crippen molar-refractivity contribution in [1.29, 1.82) is 0 Å². The van der Waals surface area contributed by atoms with E-state index in [1.807, 2.05) is 0 Å². The van der Waals surface area contributed by atoms with E-state index in [1.165, 1.54) is 6.07 Å². The van der Waals surface area contributed by atoms with Crippen molar-refractivity contribution >= 4 is 21.4 Å². The topological polar surface area (TPSA) is 92.4 Å². The van der Waals surface area contributed by atoms with E-state index in [-0.39, 0.29) is 17.2 Å². The summed E-state index contributed by atoms with van der Waals surface area (Å²) in [5, 5.41) is 8.82. The van der Waals surface area contributed by atoms with E-state index < -0.39 is 15.8 Å². The Balaban J connectivity index is 2.24. The van der Waals surface area contributed by atoms with E-state index >= 15 is 0 Å². The predicted molar refractivity (Wildman–Crippen MR) is 78.9 cm³/mol. The first-order valence-electron chi connectivity index (χ1n) is 6.19. The van der Waals surface area contributed by atoms with Crippen LogP contribution in [0.1, 0.15) is 5.56 Å². The lowest BCUT2D eigenvalue weighted by molar-refractivity contribution is 0.299. The molecule has 2 aromatic rings. The number of aliphatic hydroxyl groups excluding tert-OH is 1. The number of nitrogen functional groups attached to an aromatic ring is 1. The maximum absolute atomic E-state index is 13.2. The molecule has 0 aliphatic rings. The molecule has 112 valence electrons. The molecule has 7 heteroatoms. The van der Waals surface area contributed by atoms with Gasteiger partial charge in [-0.25, -0.2) is 12.8 Å². The van der Waals surface area contributed by atoms with Gasteiger partial charge in [-0.3, -0.25) is 4.72 Å². The molecule has 0 spiro atoms. The van der Waals surface area contributed by atoms with Crippen LogP contribution in [0.5, 0.6) is 0 Å². The first kappa shape index (κ1) is 15.3. The number of hydrogen-bond donors (Lipinski definition) is 3. The van der Waals surface area contributed by atoms with Crippen molar-refractivity contribution in [2.24, 2.45) is 0 Å². The summed E-state index contributed by atoms with van der Waals surface area (Å²) >= 11 is 0. The Labute approximate surface area is 122 Å². The summed E-state index contributed by atoms with van der Waals surface area (Å²) in [5.74, 6) is -0.714. The van der Waals surface area contributed by atoms with Crippen LogP contribution in [0, 0.1) is 5.82 Å². The average molecular weight is 310 g/mol. The molecule has 0 unspecified atom stereocenters. The van der Waals surface area contributed by atoms with Crippen LogP contribution in [-0.2, 0) is 16.4 Å². The zero-order chi connectivity index (χ0) is 15.5. The minimum Gasteiger partial charge on any atom is -0.399 e. The molecule has 2 rings (SSSR count). The smallest absolute Gasteiger partial charge is 0.262 e.